The van der Waals surface area contributed by atoms with Crippen LogP contribution in [0, 0.1) is 5.92 Å². The van der Waals surface area contributed by atoms with Gasteiger partial charge in [-0.15, -0.1) is 0 Å². The maximum Gasteiger partial charge on any atom is 0.236 e. The van der Waals surface area contributed by atoms with Gasteiger partial charge < -0.3 is 10.2 Å². The lowest BCUT2D eigenvalue weighted by molar-refractivity contribution is -0.128. The smallest absolute Gasteiger partial charge is 0.236 e. The molecular formula is C26H31N5O2S. The lowest BCUT2D eigenvalue weighted by Gasteiger charge is -2.35. The van der Waals surface area contributed by atoms with E-state index in [1.54, 1.807) is 11.5 Å². The summed E-state index contributed by atoms with van der Waals surface area (Å²) in [7, 11) is 1.86. The lowest BCUT2D eigenvalue weighted by atomic mass is 10.1. The summed E-state index contributed by atoms with van der Waals surface area (Å²) < 4.78 is 5.96. The van der Waals surface area contributed by atoms with E-state index in [1.807, 2.05) is 24.1 Å². The first-order valence-electron chi connectivity index (χ1n) is 12.0. The fourth-order valence-corrected chi connectivity index (χ4v) is 5.65. The zero-order valence-corrected chi connectivity index (χ0v) is 20.4. The van der Waals surface area contributed by atoms with E-state index in [4.69, 9.17) is 4.37 Å². The average Bonchev–Trinajstić information content (AvgIpc) is 3.43. The molecule has 1 aromatic heterocycles. The van der Waals surface area contributed by atoms with Crippen LogP contribution in [-0.4, -0.2) is 78.7 Å². The van der Waals surface area contributed by atoms with E-state index in [-0.39, 0.29) is 11.7 Å². The third-order valence-corrected chi connectivity index (χ3v) is 7.63. The van der Waals surface area contributed by atoms with Crippen LogP contribution in [0.1, 0.15) is 12.0 Å². The molecule has 1 atom stereocenters. The Balaban J connectivity index is 1.05. The minimum Gasteiger partial charge on any atom is -0.353 e. The Morgan fingerprint density at radius 2 is 1.85 bits per heavy atom. The number of fused-ring (bicyclic) bond motifs is 1. The summed E-state index contributed by atoms with van der Waals surface area (Å²) in [4.78, 5) is 31.2. The number of hydrogen-bond acceptors (Lipinski definition) is 7. The van der Waals surface area contributed by atoms with Crippen LogP contribution in [0.25, 0.3) is 10.1 Å². The first-order chi connectivity index (χ1) is 16.6. The topological polar surface area (TPSA) is 68.8 Å². The molecule has 5 rings (SSSR count). The highest BCUT2D eigenvalue weighted by molar-refractivity contribution is 7.13. The lowest BCUT2D eigenvalue weighted by Crippen LogP contribution is -2.46. The normalized spacial score (nSPS) is 19.7. The van der Waals surface area contributed by atoms with Gasteiger partial charge in [0, 0.05) is 43.8 Å². The predicted molar refractivity (Wildman–Crippen MR) is 138 cm³/mol. The number of nitrogens with zero attached hydrogens (tertiary/aromatic N) is 4. The van der Waals surface area contributed by atoms with Gasteiger partial charge in [0.1, 0.15) is 11.7 Å². The van der Waals surface area contributed by atoms with Gasteiger partial charge in [-0.2, -0.15) is 4.37 Å². The van der Waals surface area contributed by atoms with Gasteiger partial charge in [-0.25, -0.2) is 0 Å². The molecule has 178 valence electrons. The molecular weight excluding hydrogens is 446 g/mol. The van der Waals surface area contributed by atoms with Crippen LogP contribution in [0.2, 0.25) is 0 Å². The zero-order chi connectivity index (χ0) is 23.5. The number of Topliss-reactive ketones (excluding diaryl/α,β-unsaturated/α-hetero) is 1. The number of aryl methyl sites for hydroxylation is 1. The molecule has 1 N–H and O–H groups in total. The minimum atomic E-state index is -0.556. The molecule has 3 heterocycles. The first-order valence-corrected chi connectivity index (χ1v) is 12.8. The molecule has 2 aliphatic heterocycles. The maximum absolute atomic E-state index is 12.4. The highest BCUT2D eigenvalue weighted by Gasteiger charge is 2.34. The molecule has 0 radical (unpaired) electrons. The van der Waals surface area contributed by atoms with Gasteiger partial charge >= 0.3 is 0 Å². The van der Waals surface area contributed by atoms with Crippen molar-refractivity contribution in [3.8, 4) is 0 Å². The number of hydrogen-bond donors (Lipinski definition) is 1. The third kappa shape index (κ3) is 5.14. The Hall–Kier alpha value is -2.81. The van der Waals surface area contributed by atoms with E-state index in [2.05, 4.69) is 51.5 Å². The number of likely N-dealkylation sites (N-methyl/N-ethyl adjacent to an activating group) is 1. The van der Waals surface area contributed by atoms with Crippen molar-refractivity contribution >= 4 is 44.8 Å². The number of amides is 1. The van der Waals surface area contributed by atoms with Gasteiger partial charge in [-0.05, 0) is 67.8 Å². The monoisotopic (exact) mass is 477 g/mol. The summed E-state index contributed by atoms with van der Waals surface area (Å²) >= 11 is 1.59. The molecule has 0 aliphatic carbocycles. The minimum absolute atomic E-state index is 0.00242. The second-order valence-corrected chi connectivity index (χ2v) is 10.1. The van der Waals surface area contributed by atoms with Crippen LogP contribution in [0.5, 0.6) is 0 Å². The van der Waals surface area contributed by atoms with Crippen LogP contribution in [0.15, 0.2) is 48.5 Å². The van der Waals surface area contributed by atoms with Crippen molar-refractivity contribution in [3.63, 3.8) is 0 Å². The van der Waals surface area contributed by atoms with E-state index in [1.165, 1.54) is 15.6 Å². The van der Waals surface area contributed by atoms with E-state index < -0.39 is 5.92 Å². The Bertz CT molecular complexity index is 1150. The summed E-state index contributed by atoms with van der Waals surface area (Å²) in [6.07, 6.45) is 2.12. The molecule has 34 heavy (non-hydrogen) atoms. The Labute approximate surface area is 204 Å². The van der Waals surface area contributed by atoms with Gasteiger partial charge in [-0.1, -0.05) is 24.3 Å². The van der Waals surface area contributed by atoms with Crippen molar-refractivity contribution in [3.05, 3.63) is 54.1 Å². The van der Waals surface area contributed by atoms with Crippen LogP contribution in [0.3, 0.4) is 0 Å². The first kappa shape index (κ1) is 23.0. The van der Waals surface area contributed by atoms with Crippen molar-refractivity contribution in [2.75, 3.05) is 63.1 Å². The molecule has 1 unspecified atom stereocenters. The van der Waals surface area contributed by atoms with Gasteiger partial charge in [0.05, 0.1) is 11.2 Å². The Morgan fingerprint density at radius 3 is 2.59 bits per heavy atom. The standard InChI is InChI=1S/C26H31N5O2S/c1-29-17-22(23(32)18-29)26(33)27-20-10-8-19(9-11-20)5-4-12-30-13-15-31(16-14-30)25-21-6-2-3-7-24(21)34-28-25/h2-3,6-11,22H,4-5,12-18H2,1H3,(H,27,33). The molecule has 8 heteroatoms. The van der Waals surface area contributed by atoms with Gasteiger partial charge in [0.2, 0.25) is 5.91 Å². The predicted octanol–water partition coefficient (Wildman–Crippen LogP) is 3.12. The molecule has 2 saturated heterocycles. The highest BCUT2D eigenvalue weighted by Crippen LogP contribution is 2.29. The number of rotatable bonds is 7. The molecule has 2 fully saturated rings. The van der Waals surface area contributed by atoms with Crippen LogP contribution in [0.4, 0.5) is 11.5 Å². The summed E-state index contributed by atoms with van der Waals surface area (Å²) in [5.41, 5.74) is 2.02. The van der Waals surface area contributed by atoms with Crippen molar-refractivity contribution in [2.24, 2.45) is 5.92 Å². The van der Waals surface area contributed by atoms with E-state index in [0.717, 1.165) is 57.1 Å². The molecule has 0 saturated carbocycles. The van der Waals surface area contributed by atoms with E-state index in [9.17, 15) is 9.59 Å². The van der Waals surface area contributed by atoms with Crippen LogP contribution in [-0.2, 0) is 16.0 Å². The Morgan fingerprint density at radius 1 is 1.09 bits per heavy atom. The molecule has 0 spiro atoms. The second-order valence-electron chi connectivity index (χ2n) is 9.34. The van der Waals surface area contributed by atoms with Gasteiger partial charge in [-0.3, -0.25) is 19.4 Å². The maximum atomic E-state index is 12.4. The number of aromatic nitrogens is 1. The van der Waals surface area contributed by atoms with Crippen molar-refractivity contribution in [1.82, 2.24) is 14.2 Å². The molecule has 1 amide bonds. The summed E-state index contributed by atoms with van der Waals surface area (Å²) in [6, 6.07) is 16.5. The Kier molecular flexibility index (Phi) is 6.89. The number of anilines is 2. The second kappa shape index (κ2) is 10.2. The molecule has 2 aromatic carbocycles. The molecule has 2 aliphatic rings. The average molecular weight is 478 g/mol. The van der Waals surface area contributed by atoms with Gasteiger partial charge in [0.15, 0.2) is 5.78 Å². The van der Waals surface area contributed by atoms with Crippen molar-refractivity contribution < 1.29 is 9.59 Å². The number of likely N-dealkylation sites (tertiary alicyclic amines) is 1. The van der Waals surface area contributed by atoms with E-state index >= 15 is 0 Å². The fourth-order valence-electron chi connectivity index (χ4n) is 4.86. The number of benzene rings is 2. The molecule has 3 aromatic rings. The molecule has 0 bridgehead atoms. The molecule has 7 nitrogen and oxygen atoms in total. The highest BCUT2D eigenvalue weighted by atomic mass is 32.1. The third-order valence-electron chi connectivity index (χ3n) is 6.82. The van der Waals surface area contributed by atoms with Crippen LogP contribution >= 0.6 is 11.5 Å². The summed E-state index contributed by atoms with van der Waals surface area (Å²) in [6.45, 7) is 6.09. The quantitative estimate of drug-likeness (QED) is 0.528. The van der Waals surface area contributed by atoms with Crippen molar-refractivity contribution in [2.45, 2.75) is 12.8 Å². The van der Waals surface area contributed by atoms with Crippen molar-refractivity contribution in [1.29, 1.82) is 0 Å². The van der Waals surface area contributed by atoms with E-state index in [0.29, 0.717) is 13.1 Å². The number of piperazine rings is 1. The number of carbonyl (C=O) groups is 2. The SMILES string of the molecule is CN1CC(=O)C(C(=O)Nc2ccc(CCCN3CCN(c4nsc5ccccc45)CC3)cc2)C1. The number of ketones is 1. The number of nitrogens with one attached hydrogen (secondary N) is 1. The van der Waals surface area contributed by atoms with Crippen LogP contribution < -0.4 is 10.2 Å². The fraction of sp³-hybridized carbons (Fsp3) is 0.423. The zero-order valence-electron chi connectivity index (χ0n) is 19.6. The largest absolute Gasteiger partial charge is 0.353 e. The number of carbonyl (C=O) groups excluding carboxylic acids is 2. The van der Waals surface area contributed by atoms with Gasteiger partial charge in [0.25, 0.3) is 0 Å². The summed E-state index contributed by atoms with van der Waals surface area (Å²) in [5, 5.41) is 4.16. The summed E-state index contributed by atoms with van der Waals surface area (Å²) in [5.74, 6) is 0.375.